The van der Waals surface area contributed by atoms with Crippen LogP contribution >= 0.6 is 0 Å². The molecule has 0 radical (unpaired) electrons. The summed E-state index contributed by atoms with van der Waals surface area (Å²) >= 11 is 0. The Kier molecular flexibility index (Phi) is 4.95. The van der Waals surface area contributed by atoms with Gasteiger partial charge in [-0.2, -0.15) is 0 Å². The minimum absolute atomic E-state index is 0.00130. The third-order valence-electron chi connectivity index (χ3n) is 3.74. The number of anilines is 1. The Balaban J connectivity index is 1.96. The molecule has 0 aromatic heterocycles. The first-order valence-corrected chi connectivity index (χ1v) is 7.11. The monoisotopic (exact) mass is 279 g/mol. The van der Waals surface area contributed by atoms with Crippen molar-refractivity contribution in [1.29, 1.82) is 0 Å². The number of rotatable bonds is 4. The number of carbonyl (C=O) groups is 1. The minimum Gasteiger partial charge on any atom is -0.369 e. The van der Waals surface area contributed by atoms with Gasteiger partial charge in [-0.3, -0.25) is 4.79 Å². The minimum atomic E-state index is -0.231. The Morgan fingerprint density at radius 2 is 2.40 bits per heavy atom. The Labute approximate surface area is 119 Å². The number of benzene rings is 1. The standard InChI is InChI=1S/C15H22FN3O/c1-11(9-17)15(20)18-13-5-3-7-19(10-13)14-6-2-4-12(16)8-14/h2,4,6,8,11,13H,3,5,7,9-10,17H2,1H3,(H,18,20). The molecule has 110 valence electrons. The van der Waals surface area contributed by atoms with Crippen molar-refractivity contribution < 1.29 is 9.18 Å². The number of nitrogens with two attached hydrogens (primary N) is 1. The second-order valence-electron chi connectivity index (χ2n) is 5.41. The van der Waals surface area contributed by atoms with Crippen molar-refractivity contribution in [2.24, 2.45) is 11.7 Å². The van der Waals surface area contributed by atoms with Crippen LogP contribution in [0.1, 0.15) is 19.8 Å². The van der Waals surface area contributed by atoms with E-state index in [2.05, 4.69) is 10.2 Å². The first-order chi connectivity index (χ1) is 9.60. The summed E-state index contributed by atoms with van der Waals surface area (Å²) in [4.78, 5) is 14.0. The number of carbonyl (C=O) groups excluding carboxylic acids is 1. The number of nitrogens with one attached hydrogen (secondary N) is 1. The van der Waals surface area contributed by atoms with Crippen LogP contribution in [-0.4, -0.2) is 31.6 Å². The molecule has 1 aliphatic heterocycles. The Morgan fingerprint density at radius 3 is 3.10 bits per heavy atom. The largest absolute Gasteiger partial charge is 0.369 e. The van der Waals surface area contributed by atoms with E-state index in [0.29, 0.717) is 13.1 Å². The topological polar surface area (TPSA) is 58.4 Å². The molecule has 1 heterocycles. The summed E-state index contributed by atoms with van der Waals surface area (Å²) in [6, 6.07) is 6.69. The lowest BCUT2D eigenvalue weighted by molar-refractivity contribution is -0.124. The van der Waals surface area contributed by atoms with Gasteiger partial charge in [0.15, 0.2) is 0 Å². The van der Waals surface area contributed by atoms with Crippen LogP contribution in [0.3, 0.4) is 0 Å². The van der Waals surface area contributed by atoms with Crippen LogP contribution in [0.4, 0.5) is 10.1 Å². The fourth-order valence-electron chi connectivity index (χ4n) is 2.45. The lowest BCUT2D eigenvalue weighted by Gasteiger charge is -2.35. The van der Waals surface area contributed by atoms with Gasteiger partial charge in [-0.25, -0.2) is 4.39 Å². The summed E-state index contributed by atoms with van der Waals surface area (Å²) in [6.45, 7) is 3.78. The number of hydrogen-bond donors (Lipinski definition) is 2. The highest BCUT2D eigenvalue weighted by atomic mass is 19.1. The van der Waals surface area contributed by atoms with Crippen molar-refractivity contribution in [1.82, 2.24) is 5.32 Å². The Hall–Kier alpha value is -1.62. The highest BCUT2D eigenvalue weighted by molar-refractivity contribution is 5.78. The van der Waals surface area contributed by atoms with E-state index in [9.17, 15) is 9.18 Å². The normalized spacial score (nSPS) is 20.6. The van der Waals surface area contributed by atoms with E-state index in [-0.39, 0.29) is 23.7 Å². The maximum absolute atomic E-state index is 13.3. The highest BCUT2D eigenvalue weighted by Crippen LogP contribution is 2.20. The summed E-state index contributed by atoms with van der Waals surface area (Å²) in [7, 11) is 0. The molecular weight excluding hydrogens is 257 g/mol. The van der Waals surface area contributed by atoms with Gasteiger partial charge >= 0.3 is 0 Å². The van der Waals surface area contributed by atoms with Gasteiger partial charge in [-0.15, -0.1) is 0 Å². The maximum atomic E-state index is 13.3. The molecule has 1 saturated heterocycles. The number of amides is 1. The van der Waals surface area contributed by atoms with Crippen molar-refractivity contribution >= 4 is 11.6 Å². The first-order valence-electron chi connectivity index (χ1n) is 7.11. The number of halogens is 1. The molecule has 1 fully saturated rings. The summed E-state index contributed by atoms with van der Waals surface area (Å²) in [5.74, 6) is -0.399. The van der Waals surface area contributed by atoms with Gasteiger partial charge in [0.05, 0.1) is 0 Å². The molecule has 0 saturated carbocycles. The molecule has 4 nitrogen and oxygen atoms in total. The van der Waals surface area contributed by atoms with Crippen molar-refractivity contribution in [2.75, 3.05) is 24.5 Å². The van der Waals surface area contributed by atoms with E-state index in [4.69, 9.17) is 5.73 Å². The van der Waals surface area contributed by atoms with Crippen LogP contribution in [0.5, 0.6) is 0 Å². The predicted octanol–water partition coefficient (Wildman–Crippen LogP) is 1.51. The lowest BCUT2D eigenvalue weighted by atomic mass is 10.0. The van der Waals surface area contributed by atoms with E-state index in [1.165, 1.54) is 12.1 Å². The molecule has 2 atom stereocenters. The maximum Gasteiger partial charge on any atom is 0.224 e. The molecule has 1 aromatic carbocycles. The average molecular weight is 279 g/mol. The van der Waals surface area contributed by atoms with Crippen LogP contribution in [0.25, 0.3) is 0 Å². The Bertz CT molecular complexity index is 466. The summed E-state index contributed by atoms with van der Waals surface area (Å²) < 4.78 is 13.3. The molecule has 1 aliphatic rings. The third kappa shape index (κ3) is 3.70. The Morgan fingerprint density at radius 1 is 1.60 bits per heavy atom. The molecule has 1 amide bonds. The molecule has 0 spiro atoms. The zero-order valence-electron chi connectivity index (χ0n) is 11.8. The first kappa shape index (κ1) is 14.8. The van der Waals surface area contributed by atoms with E-state index in [1.54, 1.807) is 6.07 Å². The molecule has 1 aromatic rings. The van der Waals surface area contributed by atoms with Gasteiger partial charge in [-0.05, 0) is 31.0 Å². The van der Waals surface area contributed by atoms with Gasteiger partial charge in [-0.1, -0.05) is 13.0 Å². The lowest BCUT2D eigenvalue weighted by Crippen LogP contribution is -2.49. The van der Waals surface area contributed by atoms with Crippen LogP contribution in [-0.2, 0) is 4.79 Å². The van der Waals surface area contributed by atoms with E-state index in [0.717, 1.165) is 25.1 Å². The zero-order chi connectivity index (χ0) is 14.5. The van der Waals surface area contributed by atoms with Gasteiger partial charge in [0.25, 0.3) is 0 Å². The second kappa shape index (κ2) is 6.70. The van der Waals surface area contributed by atoms with E-state index >= 15 is 0 Å². The summed E-state index contributed by atoms with van der Waals surface area (Å²) in [5.41, 5.74) is 6.37. The zero-order valence-corrected chi connectivity index (χ0v) is 11.8. The highest BCUT2D eigenvalue weighted by Gasteiger charge is 2.23. The third-order valence-corrected chi connectivity index (χ3v) is 3.74. The van der Waals surface area contributed by atoms with Crippen LogP contribution in [0.15, 0.2) is 24.3 Å². The van der Waals surface area contributed by atoms with E-state index < -0.39 is 0 Å². The molecule has 5 heteroatoms. The number of piperidine rings is 1. The van der Waals surface area contributed by atoms with Crippen LogP contribution < -0.4 is 16.0 Å². The SMILES string of the molecule is CC(CN)C(=O)NC1CCCN(c2cccc(F)c2)C1. The molecule has 2 rings (SSSR count). The van der Waals surface area contributed by atoms with Crippen molar-refractivity contribution in [3.8, 4) is 0 Å². The van der Waals surface area contributed by atoms with Gasteiger partial charge in [0, 0.05) is 37.3 Å². The number of nitrogens with zero attached hydrogens (tertiary/aromatic N) is 1. The molecule has 0 aliphatic carbocycles. The quantitative estimate of drug-likeness (QED) is 0.878. The molecular formula is C15H22FN3O. The molecule has 20 heavy (non-hydrogen) atoms. The van der Waals surface area contributed by atoms with Crippen LogP contribution in [0.2, 0.25) is 0 Å². The van der Waals surface area contributed by atoms with Gasteiger partial charge in [0.2, 0.25) is 5.91 Å². The fourth-order valence-corrected chi connectivity index (χ4v) is 2.45. The second-order valence-corrected chi connectivity index (χ2v) is 5.41. The van der Waals surface area contributed by atoms with E-state index in [1.807, 2.05) is 13.0 Å². The molecule has 3 N–H and O–H groups in total. The van der Waals surface area contributed by atoms with Crippen molar-refractivity contribution in [2.45, 2.75) is 25.8 Å². The molecule has 2 unspecified atom stereocenters. The van der Waals surface area contributed by atoms with Crippen molar-refractivity contribution in [3.05, 3.63) is 30.1 Å². The van der Waals surface area contributed by atoms with Crippen molar-refractivity contribution in [3.63, 3.8) is 0 Å². The predicted molar refractivity (Wildman–Crippen MR) is 78.0 cm³/mol. The number of hydrogen-bond acceptors (Lipinski definition) is 3. The average Bonchev–Trinajstić information content (AvgIpc) is 2.46. The van der Waals surface area contributed by atoms with Gasteiger partial charge < -0.3 is 16.0 Å². The smallest absolute Gasteiger partial charge is 0.224 e. The summed E-state index contributed by atoms with van der Waals surface area (Å²) in [5, 5.41) is 3.03. The fraction of sp³-hybridized carbons (Fsp3) is 0.533. The summed E-state index contributed by atoms with van der Waals surface area (Å²) in [6.07, 6.45) is 1.94. The van der Waals surface area contributed by atoms with Gasteiger partial charge in [0.1, 0.15) is 5.82 Å². The molecule has 0 bridgehead atoms. The van der Waals surface area contributed by atoms with Crippen LogP contribution in [0, 0.1) is 11.7 Å².